The maximum absolute atomic E-state index is 12.0. The number of amides is 2. The highest BCUT2D eigenvalue weighted by Crippen LogP contribution is 2.30. The number of hydrogen-bond donors (Lipinski definition) is 3. The Morgan fingerprint density at radius 1 is 1.56 bits per heavy atom. The van der Waals surface area contributed by atoms with Gasteiger partial charge in [-0.05, 0) is 12.8 Å². The van der Waals surface area contributed by atoms with E-state index in [0.717, 1.165) is 12.8 Å². The summed E-state index contributed by atoms with van der Waals surface area (Å²) < 4.78 is 0. The van der Waals surface area contributed by atoms with Crippen molar-refractivity contribution in [2.45, 2.75) is 18.9 Å². The van der Waals surface area contributed by atoms with Crippen LogP contribution in [-0.4, -0.2) is 41.3 Å². The van der Waals surface area contributed by atoms with Crippen LogP contribution in [0.15, 0.2) is 0 Å². The molecule has 0 saturated heterocycles. The summed E-state index contributed by atoms with van der Waals surface area (Å²) in [5, 5.41) is 3.82. The molecule has 1 saturated carbocycles. The summed E-state index contributed by atoms with van der Waals surface area (Å²) in [4.78, 5) is 28.4. The molecule has 1 aromatic rings. The summed E-state index contributed by atoms with van der Waals surface area (Å²) in [7, 11) is 1.50. The number of carbonyl (C=O) groups excluding carboxylic acids is 2. The lowest BCUT2D eigenvalue weighted by Crippen LogP contribution is -2.35. The first kappa shape index (κ1) is 12.6. The minimum absolute atomic E-state index is 0.137. The number of nitrogens with zero attached hydrogens (tertiary/aromatic N) is 2. The number of hydrogen-bond acceptors (Lipinski definition) is 6. The Morgan fingerprint density at radius 3 is 2.78 bits per heavy atom. The number of likely N-dealkylation sites (N-methyl/N-ethyl adjacent to an activating group) is 1. The fourth-order valence-electron chi connectivity index (χ4n) is 1.43. The molecule has 2 amide bonds. The molecular weight excluding hydrogens is 254 g/mol. The molecule has 1 aliphatic rings. The van der Waals surface area contributed by atoms with Gasteiger partial charge < -0.3 is 21.7 Å². The standard InChI is InChI=1S/C10H15N5O2S/c1-15(4-6(11)16)9(17)7-8(12)14-10(18-7)13-5-2-3-5/h5H,2-4,12H2,1H3,(H2,11,16)(H,13,14). The van der Waals surface area contributed by atoms with Crippen LogP contribution in [-0.2, 0) is 4.79 Å². The van der Waals surface area contributed by atoms with Crippen LogP contribution < -0.4 is 16.8 Å². The molecule has 0 aliphatic heterocycles. The van der Waals surface area contributed by atoms with Gasteiger partial charge in [-0.1, -0.05) is 11.3 Å². The van der Waals surface area contributed by atoms with Crippen molar-refractivity contribution in [3.05, 3.63) is 4.88 Å². The third kappa shape index (κ3) is 2.89. The third-order valence-corrected chi connectivity index (χ3v) is 3.48. The highest BCUT2D eigenvalue weighted by Gasteiger charge is 2.25. The van der Waals surface area contributed by atoms with Crippen molar-refractivity contribution in [1.82, 2.24) is 9.88 Å². The number of rotatable bonds is 5. The largest absolute Gasteiger partial charge is 0.382 e. The van der Waals surface area contributed by atoms with Crippen molar-refractivity contribution in [3.8, 4) is 0 Å². The average molecular weight is 269 g/mol. The fourth-order valence-corrected chi connectivity index (χ4v) is 2.38. The lowest BCUT2D eigenvalue weighted by Gasteiger charge is -2.13. The first-order valence-electron chi connectivity index (χ1n) is 5.54. The molecule has 1 aromatic heterocycles. The van der Waals surface area contributed by atoms with E-state index in [4.69, 9.17) is 11.5 Å². The topological polar surface area (TPSA) is 114 Å². The first-order chi connectivity index (χ1) is 8.47. The number of nitrogen functional groups attached to an aromatic ring is 1. The zero-order chi connectivity index (χ0) is 13.3. The van der Waals surface area contributed by atoms with Gasteiger partial charge in [0.2, 0.25) is 5.91 Å². The Morgan fingerprint density at radius 2 is 2.22 bits per heavy atom. The Balaban J connectivity index is 2.08. The number of thiazole rings is 1. The fraction of sp³-hybridized carbons (Fsp3) is 0.500. The summed E-state index contributed by atoms with van der Waals surface area (Å²) in [6.07, 6.45) is 2.23. The van der Waals surface area contributed by atoms with Crippen LogP contribution >= 0.6 is 11.3 Å². The molecule has 1 aliphatic carbocycles. The van der Waals surface area contributed by atoms with Crippen LogP contribution in [0.2, 0.25) is 0 Å². The third-order valence-electron chi connectivity index (χ3n) is 2.49. The summed E-state index contributed by atoms with van der Waals surface area (Å²) >= 11 is 1.20. The van der Waals surface area contributed by atoms with Crippen LogP contribution in [0.25, 0.3) is 0 Å². The summed E-state index contributed by atoms with van der Waals surface area (Å²) in [5.74, 6) is -0.720. The molecule has 2 rings (SSSR count). The van der Waals surface area contributed by atoms with Crippen molar-refractivity contribution in [2.75, 3.05) is 24.6 Å². The van der Waals surface area contributed by atoms with Crippen molar-refractivity contribution in [1.29, 1.82) is 0 Å². The van der Waals surface area contributed by atoms with Gasteiger partial charge in [0, 0.05) is 13.1 Å². The number of nitrogens with one attached hydrogen (secondary N) is 1. The Labute approximate surface area is 108 Å². The molecule has 0 atom stereocenters. The van der Waals surface area contributed by atoms with E-state index in [-0.39, 0.29) is 18.3 Å². The van der Waals surface area contributed by atoms with E-state index < -0.39 is 5.91 Å². The molecule has 0 unspecified atom stereocenters. The minimum atomic E-state index is -0.565. The summed E-state index contributed by atoms with van der Waals surface area (Å²) in [6.45, 7) is -0.137. The molecule has 5 N–H and O–H groups in total. The zero-order valence-electron chi connectivity index (χ0n) is 9.97. The van der Waals surface area contributed by atoms with Gasteiger partial charge in [-0.2, -0.15) is 0 Å². The van der Waals surface area contributed by atoms with Gasteiger partial charge in [0.05, 0.1) is 6.54 Å². The van der Waals surface area contributed by atoms with Crippen molar-refractivity contribution in [2.24, 2.45) is 5.73 Å². The van der Waals surface area contributed by atoms with Crippen LogP contribution in [0.4, 0.5) is 10.9 Å². The molecule has 0 spiro atoms. The number of nitrogens with two attached hydrogens (primary N) is 2. The molecule has 18 heavy (non-hydrogen) atoms. The highest BCUT2D eigenvalue weighted by molar-refractivity contribution is 7.18. The molecule has 1 fully saturated rings. The van der Waals surface area contributed by atoms with Crippen LogP contribution in [0.1, 0.15) is 22.5 Å². The van der Waals surface area contributed by atoms with E-state index in [0.29, 0.717) is 16.1 Å². The molecule has 98 valence electrons. The SMILES string of the molecule is CN(CC(N)=O)C(=O)c1sc(NC2CC2)nc1N. The number of aromatic nitrogens is 1. The summed E-state index contributed by atoms with van der Waals surface area (Å²) in [5.41, 5.74) is 10.7. The zero-order valence-corrected chi connectivity index (χ0v) is 10.8. The van der Waals surface area contributed by atoms with Gasteiger partial charge >= 0.3 is 0 Å². The smallest absolute Gasteiger partial charge is 0.268 e. The number of carbonyl (C=O) groups is 2. The first-order valence-corrected chi connectivity index (χ1v) is 6.35. The van der Waals surface area contributed by atoms with Gasteiger partial charge in [0.15, 0.2) is 5.13 Å². The van der Waals surface area contributed by atoms with Crippen molar-refractivity contribution in [3.63, 3.8) is 0 Å². The Hall–Kier alpha value is -1.83. The van der Waals surface area contributed by atoms with E-state index in [9.17, 15) is 9.59 Å². The summed E-state index contributed by atoms with van der Waals surface area (Å²) in [6, 6.07) is 0.446. The van der Waals surface area contributed by atoms with E-state index in [2.05, 4.69) is 10.3 Å². The molecule has 7 nitrogen and oxygen atoms in total. The van der Waals surface area contributed by atoms with Crippen LogP contribution in [0.5, 0.6) is 0 Å². The maximum Gasteiger partial charge on any atom is 0.268 e. The van der Waals surface area contributed by atoms with Crippen LogP contribution in [0, 0.1) is 0 Å². The maximum atomic E-state index is 12.0. The Kier molecular flexibility index (Phi) is 3.37. The second-order valence-electron chi connectivity index (χ2n) is 4.28. The molecule has 8 heteroatoms. The van der Waals surface area contributed by atoms with Gasteiger partial charge in [-0.25, -0.2) is 4.98 Å². The van der Waals surface area contributed by atoms with Gasteiger partial charge in [0.25, 0.3) is 5.91 Å². The highest BCUT2D eigenvalue weighted by atomic mass is 32.1. The predicted molar refractivity (Wildman–Crippen MR) is 69.3 cm³/mol. The molecule has 0 radical (unpaired) electrons. The average Bonchev–Trinajstić information content (AvgIpc) is 3.00. The van der Waals surface area contributed by atoms with Gasteiger partial charge in [-0.3, -0.25) is 9.59 Å². The quantitative estimate of drug-likeness (QED) is 0.688. The Bertz CT molecular complexity index is 483. The van der Waals surface area contributed by atoms with Gasteiger partial charge in [0.1, 0.15) is 10.7 Å². The molecule has 0 aromatic carbocycles. The monoisotopic (exact) mass is 269 g/mol. The second kappa shape index (κ2) is 4.81. The van der Waals surface area contributed by atoms with Crippen LogP contribution in [0.3, 0.4) is 0 Å². The van der Waals surface area contributed by atoms with E-state index in [1.165, 1.54) is 23.3 Å². The van der Waals surface area contributed by atoms with Gasteiger partial charge in [-0.15, -0.1) is 0 Å². The molecule has 0 bridgehead atoms. The normalized spacial score (nSPS) is 14.3. The van der Waals surface area contributed by atoms with E-state index in [1.54, 1.807) is 0 Å². The lowest BCUT2D eigenvalue weighted by atomic mass is 10.4. The predicted octanol–water partition coefficient (Wildman–Crippen LogP) is -0.143. The number of primary amides is 1. The minimum Gasteiger partial charge on any atom is -0.382 e. The molecular formula is C10H15N5O2S. The van der Waals surface area contributed by atoms with Crippen molar-refractivity contribution < 1.29 is 9.59 Å². The lowest BCUT2D eigenvalue weighted by molar-refractivity contribution is -0.118. The molecule has 1 heterocycles. The van der Waals surface area contributed by atoms with E-state index in [1.807, 2.05) is 0 Å². The van der Waals surface area contributed by atoms with Crippen molar-refractivity contribution >= 4 is 34.1 Å². The van der Waals surface area contributed by atoms with E-state index >= 15 is 0 Å². The number of anilines is 2. The second-order valence-corrected chi connectivity index (χ2v) is 5.28.